The summed E-state index contributed by atoms with van der Waals surface area (Å²) < 4.78 is 5.66. The molecule has 1 saturated carbocycles. The topological polar surface area (TPSA) is 60.4 Å². The number of ketones is 1. The number of hydrogen-bond donors (Lipinski definition) is 0. The van der Waals surface area contributed by atoms with Crippen molar-refractivity contribution >= 4 is 18.0 Å². The number of rotatable bonds is 7. The minimum atomic E-state index is -0.390. The van der Waals surface area contributed by atoms with E-state index in [4.69, 9.17) is 4.74 Å². The summed E-state index contributed by atoms with van der Waals surface area (Å²) in [5, 5.41) is 0. The Kier molecular flexibility index (Phi) is 8.99. The van der Waals surface area contributed by atoms with E-state index in [1.807, 2.05) is 26.8 Å². The van der Waals surface area contributed by atoms with E-state index in [0.717, 1.165) is 42.3 Å². The standard InChI is InChI=1S/C19H26O3.C10H14O/c1-7-8-13-12(4)16(10-15(13)20)22-18(21)17-14(9-11(2)3)19(17,5)6;1-8(2)10-5-3-9(7-11)4-6-10/h7,9,14,16-17H,1,8,10H2,2-6H3;3,7,10H,1,4-6H2,2H3. The quantitative estimate of drug-likeness (QED) is 0.252. The molecule has 0 spiro atoms. The minimum Gasteiger partial charge on any atom is -0.457 e. The molecule has 4 atom stereocenters. The average Bonchev–Trinajstić information content (AvgIpc) is 3.18. The predicted molar refractivity (Wildman–Crippen MR) is 134 cm³/mol. The lowest BCUT2D eigenvalue weighted by Crippen LogP contribution is -2.20. The first-order chi connectivity index (χ1) is 15.4. The molecule has 4 unspecified atom stereocenters. The van der Waals surface area contributed by atoms with Gasteiger partial charge in [-0.2, -0.15) is 0 Å². The van der Waals surface area contributed by atoms with Crippen LogP contribution in [0.1, 0.15) is 73.6 Å². The molecule has 3 aliphatic carbocycles. The monoisotopic (exact) mass is 452 g/mol. The van der Waals surface area contributed by atoms with Gasteiger partial charge in [0.25, 0.3) is 0 Å². The van der Waals surface area contributed by atoms with Gasteiger partial charge in [-0.1, -0.05) is 49.8 Å². The molecule has 0 aromatic carbocycles. The van der Waals surface area contributed by atoms with Crippen molar-refractivity contribution in [3.05, 3.63) is 59.3 Å². The summed E-state index contributed by atoms with van der Waals surface area (Å²) in [4.78, 5) is 34.8. The van der Waals surface area contributed by atoms with Gasteiger partial charge in [-0.05, 0) is 81.8 Å². The Hall–Kier alpha value is -2.49. The lowest BCUT2D eigenvalue weighted by Gasteiger charge is -2.19. The highest BCUT2D eigenvalue weighted by atomic mass is 16.5. The molecule has 0 aromatic heterocycles. The molecule has 0 amide bonds. The molecule has 3 rings (SSSR count). The summed E-state index contributed by atoms with van der Waals surface area (Å²) in [6.45, 7) is 19.8. The van der Waals surface area contributed by atoms with Crippen molar-refractivity contribution in [2.45, 2.75) is 79.8 Å². The van der Waals surface area contributed by atoms with E-state index < -0.39 is 6.10 Å². The van der Waals surface area contributed by atoms with Crippen molar-refractivity contribution in [3.8, 4) is 0 Å². The van der Waals surface area contributed by atoms with Crippen LogP contribution in [-0.2, 0) is 19.1 Å². The van der Waals surface area contributed by atoms with E-state index in [0.29, 0.717) is 12.3 Å². The molecule has 0 N–H and O–H groups in total. The molecule has 33 heavy (non-hydrogen) atoms. The number of carbonyl (C=O) groups is 3. The minimum absolute atomic E-state index is 0.0570. The van der Waals surface area contributed by atoms with Crippen LogP contribution in [0.3, 0.4) is 0 Å². The molecule has 0 aliphatic heterocycles. The second kappa shape index (κ2) is 11.1. The Balaban J connectivity index is 0.000000294. The zero-order valence-corrected chi connectivity index (χ0v) is 21.2. The molecule has 4 heteroatoms. The van der Waals surface area contributed by atoms with Crippen LogP contribution in [0, 0.1) is 23.2 Å². The van der Waals surface area contributed by atoms with Crippen LogP contribution in [0.25, 0.3) is 0 Å². The fourth-order valence-corrected chi connectivity index (χ4v) is 4.83. The summed E-state index contributed by atoms with van der Waals surface area (Å²) in [6.07, 6.45) is 10.3. The van der Waals surface area contributed by atoms with E-state index in [1.165, 1.54) is 11.1 Å². The van der Waals surface area contributed by atoms with Gasteiger partial charge in [-0.25, -0.2) is 0 Å². The summed E-state index contributed by atoms with van der Waals surface area (Å²) in [7, 11) is 0. The van der Waals surface area contributed by atoms with E-state index in [-0.39, 0.29) is 35.4 Å². The molecule has 0 bridgehead atoms. The maximum absolute atomic E-state index is 12.5. The highest BCUT2D eigenvalue weighted by Crippen LogP contribution is 2.60. The summed E-state index contributed by atoms with van der Waals surface area (Å²) in [5.74, 6) is 0.641. The number of hydrogen-bond acceptors (Lipinski definition) is 4. The maximum atomic E-state index is 12.5. The highest BCUT2D eigenvalue weighted by Gasteiger charge is 2.61. The van der Waals surface area contributed by atoms with Crippen LogP contribution in [-0.4, -0.2) is 24.1 Å². The van der Waals surface area contributed by atoms with E-state index in [2.05, 4.69) is 40.0 Å². The fourth-order valence-electron chi connectivity index (χ4n) is 4.83. The number of ether oxygens (including phenoxy) is 1. The number of aldehydes is 1. The van der Waals surface area contributed by atoms with Crippen LogP contribution in [0.5, 0.6) is 0 Å². The predicted octanol–water partition coefficient (Wildman–Crippen LogP) is 6.49. The molecule has 4 nitrogen and oxygen atoms in total. The van der Waals surface area contributed by atoms with Crippen LogP contribution >= 0.6 is 0 Å². The van der Waals surface area contributed by atoms with Gasteiger partial charge in [0, 0.05) is 5.57 Å². The first-order valence-electron chi connectivity index (χ1n) is 11.9. The molecule has 0 aromatic rings. The average molecular weight is 453 g/mol. The maximum Gasteiger partial charge on any atom is 0.310 e. The van der Waals surface area contributed by atoms with Gasteiger partial charge in [0.2, 0.25) is 0 Å². The third-order valence-electron chi connectivity index (χ3n) is 7.25. The van der Waals surface area contributed by atoms with E-state index in [1.54, 1.807) is 6.08 Å². The first-order valence-corrected chi connectivity index (χ1v) is 11.9. The van der Waals surface area contributed by atoms with Gasteiger partial charge in [0.15, 0.2) is 5.78 Å². The van der Waals surface area contributed by atoms with Crippen LogP contribution in [0.15, 0.2) is 59.3 Å². The summed E-state index contributed by atoms with van der Waals surface area (Å²) in [5.41, 5.74) is 5.00. The highest BCUT2D eigenvalue weighted by molar-refractivity contribution is 6.00. The third-order valence-corrected chi connectivity index (χ3v) is 7.25. The van der Waals surface area contributed by atoms with Gasteiger partial charge in [-0.3, -0.25) is 14.4 Å². The van der Waals surface area contributed by atoms with Gasteiger partial charge >= 0.3 is 5.97 Å². The van der Waals surface area contributed by atoms with Gasteiger partial charge in [0.05, 0.1) is 12.3 Å². The second-order valence-electron chi connectivity index (χ2n) is 10.5. The van der Waals surface area contributed by atoms with E-state index in [9.17, 15) is 14.4 Å². The summed E-state index contributed by atoms with van der Waals surface area (Å²) in [6, 6.07) is 0. The molecule has 0 radical (unpaired) electrons. The smallest absolute Gasteiger partial charge is 0.310 e. The zero-order chi connectivity index (χ0) is 24.9. The Labute approximate surface area is 199 Å². The normalized spacial score (nSPS) is 27.6. The van der Waals surface area contributed by atoms with Crippen LogP contribution in [0.4, 0.5) is 0 Å². The van der Waals surface area contributed by atoms with Gasteiger partial charge < -0.3 is 4.74 Å². The van der Waals surface area contributed by atoms with Crippen molar-refractivity contribution in [1.29, 1.82) is 0 Å². The number of Topliss-reactive ketones (excluding diaryl/α,β-unsaturated/α-hetero) is 1. The molecular formula is C29H40O4. The molecular weight excluding hydrogens is 412 g/mol. The van der Waals surface area contributed by atoms with Crippen LogP contribution in [0.2, 0.25) is 0 Å². The van der Waals surface area contributed by atoms with Crippen molar-refractivity contribution in [1.82, 2.24) is 0 Å². The molecule has 180 valence electrons. The third kappa shape index (κ3) is 6.52. The molecule has 0 heterocycles. The van der Waals surface area contributed by atoms with Crippen molar-refractivity contribution in [2.75, 3.05) is 0 Å². The second-order valence-corrected chi connectivity index (χ2v) is 10.5. The van der Waals surface area contributed by atoms with Crippen LogP contribution < -0.4 is 0 Å². The lowest BCUT2D eigenvalue weighted by molar-refractivity contribution is -0.150. The van der Waals surface area contributed by atoms with Crippen molar-refractivity contribution < 1.29 is 19.1 Å². The molecule has 0 saturated heterocycles. The van der Waals surface area contributed by atoms with Crippen molar-refractivity contribution in [2.24, 2.45) is 23.2 Å². The molecule has 1 fully saturated rings. The number of carbonyl (C=O) groups excluding carboxylic acids is 3. The summed E-state index contributed by atoms with van der Waals surface area (Å²) >= 11 is 0. The Morgan fingerprint density at radius 1 is 1.27 bits per heavy atom. The Bertz CT molecular complexity index is 908. The van der Waals surface area contributed by atoms with Gasteiger partial charge in [-0.15, -0.1) is 6.58 Å². The Morgan fingerprint density at radius 3 is 2.42 bits per heavy atom. The SMILES string of the molecule is C=C(C)C1CC=C(C=O)CC1.C=CCC1=C(C)C(OC(=O)C2C(C=C(C)C)C2(C)C)CC1=O. The van der Waals surface area contributed by atoms with Gasteiger partial charge in [0.1, 0.15) is 12.4 Å². The largest absolute Gasteiger partial charge is 0.457 e. The Morgan fingerprint density at radius 2 is 1.94 bits per heavy atom. The van der Waals surface area contributed by atoms with Crippen molar-refractivity contribution in [3.63, 3.8) is 0 Å². The first kappa shape index (κ1) is 26.8. The zero-order valence-electron chi connectivity index (χ0n) is 21.2. The fraction of sp³-hybridized carbons (Fsp3) is 0.552. The number of esters is 1. The van der Waals surface area contributed by atoms with E-state index >= 15 is 0 Å². The lowest BCUT2D eigenvalue weighted by atomic mass is 9.86. The molecule has 3 aliphatic rings. The number of allylic oxidation sites excluding steroid dienone is 7.